The second kappa shape index (κ2) is 11.9. The Morgan fingerprint density at radius 2 is 1.59 bits per heavy atom. The number of ketones is 1. The van der Waals surface area contributed by atoms with Gasteiger partial charge >= 0.3 is 11.9 Å². The van der Waals surface area contributed by atoms with Crippen LogP contribution in [0.3, 0.4) is 0 Å². The zero-order valence-electron chi connectivity index (χ0n) is 31.9. The largest absolute Gasteiger partial charge is 0.481 e. The molecule has 5 aliphatic carbocycles. The number of nitrogens with zero attached hydrogens (tertiary/aromatic N) is 1. The molecule has 8 atom stereocenters. The number of fused-ring (bicyclic) bond motifs is 6. The van der Waals surface area contributed by atoms with E-state index in [0.29, 0.717) is 31.3 Å². The van der Waals surface area contributed by atoms with Crippen LogP contribution in [0.2, 0.25) is 0 Å². The molecule has 0 bridgehead atoms. The minimum atomic E-state index is -1.16. The molecular formula is C41H64N2O6. The molecule has 1 unspecified atom stereocenters. The third-order valence-electron chi connectivity index (χ3n) is 16.0. The van der Waals surface area contributed by atoms with Gasteiger partial charge in [-0.15, -0.1) is 0 Å². The molecule has 4 saturated carbocycles. The van der Waals surface area contributed by atoms with Crippen molar-refractivity contribution in [2.24, 2.45) is 61.9 Å². The molecule has 49 heavy (non-hydrogen) atoms. The van der Waals surface area contributed by atoms with Crippen molar-refractivity contribution in [1.29, 1.82) is 0 Å². The van der Waals surface area contributed by atoms with Crippen molar-refractivity contribution in [1.82, 2.24) is 4.90 Å². The number of rotatable bonds is 6. The summed E-state index contributed by atoms with van der Waals surface area (Å²) in [6.07, 6.45) is 9.12. The highest BCUT2D eigenvalue weighted by Gasteiger charge is 2.70. The van der Waals surface area contributed by atoms with Gasteiger partial charge in [0, 0.05) is 36.9 Å². The number of likely N-dealkylation sites (tertiary alicyclic amines) is 1. The van der Waals surface area contributed by atoms with E-state index in [1.54, 1.807) is 13.8 Å². The second-order valence-corrected chi connectivity index (χ2v) is 19.6. The van der Waals surface area contributed by atoms with E-state index in [0.717, 1.165) is 64.2 Å². The molecule has 0 aromatic heterocycles. The minimum Gasteiger partial charge on any atom is -0.481 e. The number of hydrogen-bond donors (Lipinski definition) is 2. The summed E-state index contributed by atoms with van der Waals surface area (Å²) in [5.41, 5.74) is 6.76. The lowest BCUT2D eigenvalue weighted by Gasteiger charge is -2.70. The number of amides is 1. The van der Waals surface area contributed by atoms with Gasteiger partial charge in [-0.05, 0) is 118 Å². The van der Waals surface area contributed by atoms with Gasteiger partial charge in [0.15, 0.2) is 0 Å². The Hall–Kier alpha value is -2.22. The lowest BCUT2D eigenvalue weighted by Crippen LogP contribution is -2.64. The molecule has 1 aliphatic heterocycles. The van der Waals surface area contributed by atoms with Crippen LogP contribution in [0.5, 0.6) is 0 Å². The summed E-state index contributed by atoms with van der Waals surface area (Å²) in [5.74, 6) is -0.174. The first-order valence-corrected chi connectivity index (χ1v) is 19.4. The summed E-state index contributed by atoms with van der Waals surface area (Å²) >= 11 is 0. The number of esters is 1. The summed E-state index contributed by atoms with van der Waals surface area (Å²) in [4.78, 5) is 55.5. The Balaban J connectivity index is 1.33. The van der Waals surface area contributed by atoms with E-state index in [2.05, 4.69) is 48.5 Å². The second-order valence-electron chi connectivity index (χ2n) is 19.6. The number of allylic oxidation sites excluding steroid dienone is 1. The first-order chi connectivity index (χ1) is 22.7. The van der Waals surface area contributed by atoms with E-state index in [1.807, 2.05) is 4.90 Å². The molecule has 3 N–H and O–H groups in total. The summed E-state index contributed by atoms with van der Waals surface area (Å²) in [7, 11) is 0. The molecule has 0 spiro atoms. The molecule has 1 heterocycles. The molecule has 1 saturated heterocycles. The number of piperidine rings is 1. The van der Waals surface area contributed by atoms with Crippen molar-refractivity contribution in [2.45, 2.75) is 152 Å². The Morgan fingerprint density at radius 1 is 0.939 bits per heavy atom. The third-order valence-corrected chi connectivity index (χ3v) is 16.0. The fourth-order valence-electron chi connectivity index (χ4n) is 13.0. The summed E-state index contributed by atoms with van der Waals surface area (Å²) in [6.45, 7) is 20.9. The van der Waals surface area contributed by atoms with E-state index in [1.165, 1.54) is 11.1 Å². The highest BCUT2D eigenvalue weighted by Crippen LogP contribution is 2.76. The predicted molar refractivity (Wildman–Crippen MR) is 189 cm³/mol. The number of ether oxygens (including phenoxy) is 1. The monoisotopic (exact) mass is 680 g/mol. The number of carboxylic acids is 1. The van der Waals surface area contributed by atoms with Gasteiger partial charge in [0.1, 0.15) is 11.9 Å². The number of nitrogens with two attached hydrogens (primary N) is 1. The number of hydrogen-bond acceptors (Lipinski definition) is 6. The van der Waals surface area contributed by atoms with Gasteiger partial charge in [0.2, 0.25) is 5.91 Å². The Kier molecular flexibility index (Phi) is 8.89. The summed E-state index contributed by atoms with van der Waals surface area (Å²) < 4.78 is 6.15. The first kappa shape index (κ1) is 36.6. The first-order valence-electron chi connectivity index (χ1n) is 19.4. The fraction of sp³-hybridized carbons (Fsp3) is 0.854. The highest BCUT2D eigenvalue weighted by molar-refractivity contribution is 6.00. The predicted octanol–water partition coefficient (Wildman–Crippen LogP) is 7.33. The van der Waals surface area contributed by atoms with Gasteiger partial charge in [-0.25, -0.2) is 0 Å². The molecule has 274 valence electrons. The Morgan fingerprint density at radius 3 is 2.20 bits per heavy atom. The average molecular weight is 681 g/mol. The normalized spacial score (nSPS) is 40.7. The lowest BCUT2D eigenvalue weighted by molar-refractivity contribution is -0.214. The van der Waals surface area contributed by atoms with Gasteiger partial charge in [-0.3, -0.25) is 19.2 Å². The highest BCUT2D eigenvalue weighted by atomic mass is 16.5. The molecule has 0 aromatic carbocycles. The number of carbonyl (C=O) groups is 4. The van der Waals surface area contributed by atoms with E-state index < -0.39 is 22.8 Å². The van der Waals surface area contributed by atoms with Crippen molar-refractivity contribution in [3.63, 3.8) is 0 Å². The molecule has 6 rings (SSSR count). The molecule has 1 amide bonds. The topological polar surface area (TPSA) is 127 Å². The van der Waals surface area contributed by atoms with Crippen LogP contribution >= 0.6 is 0 Å². The van der Waals surface area contributed by atoms with Crippen LogP contribution in [0.1, 0.15) is 139 Å². The fourth-order valence-corrected chi connectivity index (χ4v) is 13.0. The zero-order chi connectivity index (χ0) is 36.1. The molecule has 0 radical (unpaired) electrons. The van der Waals surface area contributed by atoms with Gasteiger partial charge < -0.3 is 20.5 Å². The zero-order valence-corrected chi connectivity index (χ0v) is 31.9. The lowest BCUT2D eigenvalue weighted by atomic mass is 9.34. The van der Waals surface area contributed by atoms with Crippen LogP contribution in [0.4, 0.5) is 0 Å². The van der Waals surface area contributed by atoms with Gasteiger partial charge in [0.05, 0.1) is 17.3 Å². The van der Waals surface area contributed by atoms with Crippen LogP contribution in [0, 0.1) is 56.2 Å². The van der Waals surface area contributed by atoms with E-state index >= 15 is 0 Å². The van der Waals surface area contributed by atoms with E-state index in [9.17, 15) is 24.3 Å². The molecular weight excluding hydrogens is 616 g/mol. The van der Waals surface area contributed by atoms with Crippen LogP contribution in [-0.4, -0.2) is 58.9 Å². The summed E-state index contributed by atoms with van der Waals surface area (Å²) in [5, 5.41) is 9.59. The van der Waals surface area contributed by atoms with Crippen LogP contribution in [0.15, 0.2) is 11.1 Å². The maximum atomic E-state index is 14.7. The maximum absolute atomic E-state index is 14.7. The quantitative estimate of drug-likeness (QED) is 0.222. The van der Waals surface area contributed by atoms with Crippen LogP contribution in [-0.2, 0) is 23.9 Å². The molecule has 5 fully saturated rings. The molecule has 8 heteroatoms. The number of carbonyl (C=O) groups excluding carboxylic acids is 3. The number of carboxylic acid groups (broad SMARTS) is 1. The smallest absolute Gasteiger partial charge is 0.309 e. The molecule has 8 nitrogen and oxygen atoms in total. The SMILES string of the molecule is CC(C)C1C(=O)C[C@]2(C(=O)N3CCC(N)CC3)CC[C@]3(C)C(=C12)CC[C@@H]1[C@@]2(C)CC[C@H](OC(=O)CC(C)(C)C(=O)O)C(C)(C)[C@@H]2CC[C@]13C. The van der Waals surface area contributed by atoms with Crippen LogP contribution in [0.25, 0.3) is 0 Å². The van der Waals surface area contributed by atoms with Crippen LogP contribution < -0.4 is 5.73 Å². The number of aliphatic carboxylic acids is 1. The standard InChI is InChI=1S/C41H64N2O6/c1-24(2)32-27(44)22-41(34(46)43-20-14-25(42)15-21-43)19-18-39(8)26(33(32)41)10-11-29-38(7)16-13-30(49-31(45)23-36(3,4)35(47)48)37(5,6)28(38)12-17-40(29,39)9/h24-25,28-30,32H,10-23,42H2,1-9H3,(H,47,48)/t28-,29+,30-,32?,38-,39+,40+,41+/m0/s1. The third kappa shape index (κ3) is 5.29. The van der Waals surface area contributed by atoms with Crippen molar-refractivity contribution in [3.8, 4) is 0 Å². The van der Waals surface area contributed by atoms with Gasteiger partial charge in [-0.1, -0.05) is 54.0 Å². The van der Waals surface area contributed by atoms with E-state index in [-0.39, 0.29) is 63.8 Å². The molecule has 6 aliphatic rings. The van der Waals surface area contributed by atoms with Crippen molar-refractivity contribution in [3.05, 3.63) is 11.1 Å². The van der Waals surface area contributed by atoms with Gasteiger partial charge in [-0.2, -0.15) is 0 Å². The van der Waals surface area contributed by atoms with Crippen molar-refractivity contribution in [2.75, 3.05) is 13.1 Å². The summed E-state index contributed by atoms with van der Waals surface area (Å²) in [6, 6.07) is 0.144. The maximum Gasteiger partial charge on any atom is 0.309 e. The Bertz CT molecular complexity index is 1440. The number of Topliss-reactive ketones (excluding diaryl/α,β-unsaturated/α-hetero) is 1. The van der Waals surface area contributed by atoms with E-state index in [4.69, 9.17) is 10.5 Å². The minimum absolute atomic E-state index is 0.0181. The molecule has 0 aromatic rings. The van der Waals surface area contributed by atoms with Gasteiger partial charge in [0.25, 0.3) is 0 Å². The van der Waals surface area contributed by atoms with Crippen molar-refractivity contribution < 1.29 is 29.0 Å². The Labute approximate surface area is 294 Å². The average Bonchev–Trinajstić information content (AvgIpc) is 3.32. The van der Waals surface area contributed by atoms with Crippen molar-refractivity contribution >= 4 is 23.6 Å².